The van der Waals surface area contributed by atoms with E-state index >= 15 is 0 Å². The van der Waals surface area contributed by atoms with Gasteiger partial charge in [0.1, 0.15) is 5.60 Å². The van der Waals surface area contributed by atoms with E-state index in [4.69, 9.17) is 4.74 Å². The zero-order chi connectivity index (χ0) is 21.5. The van der Waals surface area contributed by atoms with E-state index < -0.39 is 5.60 Å². The summed E-state index contributed by atoms with van der Waals surface area (Å²) in [5, 5.41) is 20.8. The summed E-state index contributed by atoms with van der Waals surface area (Å²) in [6, 6.07) is 20.6. The van der Waals surface area contributed by atoms with Crippen molar-refractivity contribution in [3.63, 3.8) is 0 Å². The van der Waals surface area contributed by atoms with Crippen LogP contribution in [-0.4, -0.2) is 37.9 Å². The lowest BCUT2D eigenvalue weighted by Crippen LogP contribution is -2.32. The van der Waals surface area contributed by atoms with Gasteiger partial charge >= 0.3 is 0 Å². The molecular formula is C24H20N4O2S2. The Morgan fingerprint density at radius 1 is 1.00 bits per heavy atom. The molecule has 4 heterocycles. The van der Waals surface area contributed by atoms with Gasteiger partial charge in [0.15, 0.2) is 15.8 Å². The van der Waals surface area contributed by atoms with Gasteiger partial charge in [-0.15, -0.1) is 21.5 Å². The second-order valence-corrected chi connectivity index (χ2v) is 10.2. The number of aliphatic hydroxyl groups is 1. The van der Waals surface area contributed by atoms with Gasteiger partial charge in [-0.05, 0) is 35.7 Å². The first-order chi connectivity index (χ1) is 15.7. The maximum absolute atomic E-state index is 10.9. The molecule has 3 aromatic heterocycles. The molecular weight excluding hydrogens is 440 g/mol. The van der Waals surface area contributed by atoms with Crippen LogP contribution in [0, 0.1) is 0 Å². The number of fused-ring (bicyclic) bond motifs is 3. The lowest BCUT2D eigenvalue weighted by atomic mass is 9.93. The Balaban J connectivity index is 1.34. The van der Waals surface area contributed by atoms with Crippen molar-refractivity contribution in [3.8, 4) is 11.4 Å². The number of hydrogen-bond donors (Lipinski definition) is 1. The molecule has 6 rings (SSSR count). The molecule has 0 radical (unpaired) electrons. The Kier molecular flexibility index (Phi) is 4.95. The average molecular weight is 461 g/mol. The van der Waals surface area contributed by atoms with Gasteiger partial charge < -0.3 is 9.84 Å². The fraction of sp³-hybridized carbons (Fsp3) is 0.208. The van der Waals surface area contributed by atoms with Gasteiger partial charge in [0.25, 0.3) is 0 Å². The van der Waals surface area contributed by atoms with E-state index in [2.05, 4.69) is 43.8 Å². The summed E-state index contributed by atoms with van der Waals surface area (Å²) in [6.45, 7) is 1.17. The highest BCUT2D eigenvalue weighted by molar-refractivity contribution is 8.01. The number of rotatable bonds is 4. The predicted octanol–water partition coefficient (Wildman–Crippen LogP) is 5.16. The molecule has 0 aliphatic carbocycles. The van der Waals surface area contributed by atoms with Crippen LogP contribution in [0.3, 0.4) is 0 Å². The van der Waals surface area contributed by atoms with Crippen molar-refractivity contribution in [2.45, 2.75) is 27.7 Å². The smallest absolute Gasteiger partial charge is 0.168 e. The standard InChI is InChI=1S/C24H20N4O2S2/c29-24(10-12-30-13-11-24)20-15-25-23(32-20)31-18-7-8-19-17(14-18)6-9-21-26-27-22(28(19)21)16-4-2-1-3-5-16/h1-9,14-15,29H,10-13H2. The topological polar surface area (TPSA) is 72.5 Å². The van der Waals surface area contributed by atoms with E-state index in [0.29, 0.717) is 26.1 Å². The van der Waals surface area contributed by atoms with Gasteiger partial charge in [-0.25, -0.2) is 4.98 Å². The highest BCUT2D eigenvalue weighted by atomic mass is 32.2. The summed E-state index contributed by atoms with van der Waals surface area (Å²) in [4.78, 5) is 6.58. The predicted molar refractivity (Wildman–Crippen MR) is 126 cm³/mol. The average Bonchev–Trinajstić information content (AvgIpc) is 3.48. The number of thiazole rings is 1. The fourth-order valence-corrected chi connectivity index (χ4v) is 6.24. The van der Waals surface area contributed by atoms with Crippen LogP contribution in [0.2, 0.25) is 0 Å². The molecule has 160 valence electrons. The van der Waals surface area contributed by atoms with Crippen LogP contribution < -0.4 is 0 Å². The highest BCUT2D eigenvalue weighted by Gasteiger charge is 2.33. The number of aromatic nitrogens is 4. The molecule has 1 aliphatic heterocycles. The Morgan fingerprint density at radius 2 is 1.84 bits per heavy atom. The SMILES string of the molecule is OC1(c2cnc(Sc3ccc4c(ccc5nnc(-c6ccccc6)n54)c3)s2)CCOCC1. The molecule has 0 saturated carbocycles. The fourth-order valence-electron chi connectivity index (χ4n) is 4.09. The minimum absolute atomic E-state index is 0.587. The minimum atomic E-state index is -0.814. The summed E-state index contributed by atoms with van der Waals surface area (Å²) in [7, 11) is 0. The van der Waals surface area contributed by atoms with Crippen molar-refractivity contribution in [3.05, 3.63) is 71.7 Å². The van der Waals surface area contributed by atoms with E-state index in [1.165, 1.54) is 0 Å². The zero-order valence-electron chi connectivity index (χ0n) is 17.1. The molecule has 1 fully saturated rings. The highest BCUT2D eigenvalue weighted by Crippen LogP contribution is 2.40. The monoisotopic (exact) mass is 460 g/mol. The van der Waals surface area contributed by atoms with Gasteiger partial charge in [-0.2, -0.15) is 0 Å². The second-order valence-electron chi connectivity index (χ2n) is 7.87. The van der Waals surface area contributed by atoms with Gasteiger partial charge in [0, 0.05) is 42.7 Å². The first-order valence-corrected chi connectivity index (χ1v) is 12.1. The van der Waals surface area contributed by atoms with E-state index in [0.717, 1.165) is 42.1 Å². The van der Waals surface area contributed by atoms with Crippen LogP contribution in [-0.2, 0) is 10.3 Å². The van der Waals surface area contributed by atoms with Crippen LogP contribution in [0.1, 0.15) is 17.7 Å². The molecule has 0 bridgehead atoms. The normalized spacial score (nSPS) is 16.0. The van der Waals surface area contributed by atoms with Crippen LogP contribution in [0.5, 0.6) is 0 Å². The second kappa shape index (κ2) is 7.97. The van der Waals surface area contributed by atoms with E-state index in [-0.39, 0.29) is 0 Å². The molecule has 0 unspecified atom stereocenters. The molecule has 0 atom stereocenters. The van der Waals surface area contributed by atoms with E-state index in [9.17, 15) is 5.11 Å². The maximum atomic E-state index is 10.9. The van der Waals surface area contributed by atoms with Crippen molar-refractivity contribution in [2.75, 3.05) is 13.2 Å². The summed E-state index contributed by atoms with van der Waals surface area (Å²) >= 11 is 3.18. The molecule has 0 amide bonds. The first kappa shape index (κ1) is 19.9. The van der Waals surface area contributed by atoms with Gasteiger partial charge in [-0.3, -0.25) is 4.40 Å². The number of hydrogen-bond acceptors (Lipinski definition) is 7. The first-order valence-electron chi connectivity index (χ1n) is 10.5. The number of benzene rings is 2. The lowest BCUT2D eigenvalue weighted by Gasteiger charge is -2.30. The molecule has 2 aromatic carbocycles. The molecule has 0 spiro atoms. The molecule has 1 aliphatic rings. The van der Waals surface area contributed by atoms with Crippen molar-refractivity contribution < 1.29 is 9.84 Å². The van der Waals surface area contributed by atoms with Crippen LogP contribution in [0.15, 0.2) is 76.1 Å². The van der Waals surface area contributed by atoms with Gasteiger partial charge in [-0.1, -0.05) is 42.1 Å². The van der Waals surface area contributed by atoms with E-state index in [1.54, 1.807) is 23.1 Å². The number of ether oxygens (including phenoxy) is 1. The quantitative estimate of drug-likeness (QED) is 0.400. The maximum Gasteiger partial charge on any atom is 0.168 e. The zero-order valence-corrected chi connectivity index (χ0v) is 18.8. The molecule has 6 nitrogen and oxygen atoms in total. The summed E-state index contributed by atoms with van der Waals surface area (Å²) in [5.41, 5.74) is 2.11. The van der Waals surface area contributed by atoms with Crippen LogP contribution in [0.4, 0.5) is 0 Å². The van der Waals surface area contributed by atoms with Crippen LogP contribution >= 0.6 is 23.1 Å². The lowest BCUT2D eigenvalue weighted by molar-refractivity contribution is -0.0657. The van der Waals surface area contributed by atoms with Crippen LogP contribution in [0.25, 0.3) is 27.9 Å². The minimum Gasteiger partial charge on any atom is -0.384 e. The van der Waals surface area contributed by atoms with Crippen molar-refractivity contribution >= 4 is 39.6 Å². The molecule has 5 aromatic rings. The van der Waals surface area contributed by atoms with Crippen molar-refractivity contribution in [2.24, 2.45) is 0 Å². The Morgan fingerprint density at radius 3 is 2.69 bits per heavy atom. The number of nitrogens with zero attached hydrogens (tertiary/aromatic N) is 4. The number of pyridine rings is 1. The third kappa shape index (κ3) is 3.49. The molecule has 8 heteroatoms. The Hall–Kier alpha value is -2.78. The summed E-state index contributed by atoms with van der Waals surface area (Å²) in [6.07, 6.45) is 3.05. The summed E-state index contributed by atoms with van der Waals surface area (Å²) in [5.74, 6) is 0.834. The van der Waals surface area contributed by atoms with Crippen molar-refractivity contribution in [1.82, 2.24) is 19.6 Å². The summed E-state index contributed by atoms with van der Waals surface area (Å²) < 4.78 is 8.42. The molecule has 32 heavy (non-hydrogen) atoms. The van der Waals surface area contributed by atoms with Crippen molar-refractivity contribution in [1.29, 1.82) is 0 Å². The third-order valence-electron chi connectivity index (χ3n) is 5.84. The van der Waals surface area contributed by atoms with Gasteiger partial charge in [0.2, 0.25) is 0 Å². The van der Waals surface area contributed by atoms with E-state index in [1.807, 2.05) is 42.6 Å². The Bertz CT molecular complexity index is 1410. The Labute approximate surface area is 192 Å². The van der Waals surface area contributed by atoms with Gasteiger partial charge in [0.05, 0.1) is 10.4 Å². The third-order valence-corrected chi connectivity index (χ3v) is 8.10. The largest absolute Gasteiger partial charge is 0.384 e. The molecule has 1 N–H and O–H groups in total. The molecule has 1 saturated heterocycles.